The summed E-state index contributed by atoms with van der Waals surface area (Å²) < 4.78 is 3.92. The van der Waals surface area contributed by atoms with Gasteiger partial charge in [-0.1, -0.05) is 31.9 Å². The fraction of sp³-hybridized carbons (Fsp3) is 0.333. The summed E-state index contributed by atoms with van der Waals surface area (Å²) in [7, 11) is 0. The van der Waals surface area contributed by atoms with E-state index < -0.39 is 23.5 Å². The molecule has 0 radical (unpaired) electrons. The highest BCUT2D eigenvalue weighted by molar-refractivity contribution is 9.09. The molecule has 0 fully saturated rings. The summed E-state index contributed by atoms with van der Waals surface area (Å²) in [5.41, 5.74) is 0. The number of hydrogen-bond donors (Lipinski definition) is 0. The van der Waals surface area contributed by atoms with Crippen LogP contribution in [-0.4, -0.2) is 34.2 Å². The minimum atomic E-state index is -1.34. The van der Waals surface area contributed by atoms with Gasteiger partial charge >= 0.3 is 11.9 Å². The van der Waals surface area contributed by atoms with E-state index in [1.165, 1.54) is 0 Å². The van der Waals surface area contributed by atoms with Crippen molar-refractivity contribution in [3.8, 4) is 0 Å². The first-order chi connectivity index (χ1) is 6.02. The zero-order valence-electron chi connectivity index (χ0n) is 6.21. The molecule has 0 N–H and O–H groups in total. The maximum Gasteiger partial charge on any atom is 0.383 e. The lowest BCUT2D eigenvalue weighted by Crippen LogP contribution is -2.27. The van der Waals surface area contributed by atoms with Crippen LogP contribution in [0.3, 0.4) is 0 Å². The third kappa shape index (κ3) is 4.28. The summed E-state index contributed by atoms with van der Waals surface area (Å²) in [6.45, 7) is 0. The second kappa shape index (κ2) is 5.98. The maximum absolute atomic E-state index is 10.6. The molecular formula is C6H4Br2O5. The number of Topliss-reactive ketones (excluding diaryl/α,β-unsaturated/α-hetero) is 2. The van der Waals surface area contributed by atoms with Gasteiger partial charge in [-0.05, 0) is 0 Å². The van der Waals surface area contributed by atoms with Crippen LogP contribution in [-0.2, 0) is 23.9 Å². The molecule has 0 aromatic rings. The molecule has 0 amide bonds. The summed E-state index contributed by atoms with van der Waals surface area (Å²) in [6, 6.07) is 0. The molecule has 0 aliphatic carbocycles. The molecule has 0 aliphatic heterocycles. The summed E-state index contributed by atoms with van der Waals surface area (Å²) in [5, 5.41) is -0.497. The Bertz CT molecular complexity index is 234. The van der Waals surface area contributed by atoms with E-state index in [-0.39, 0.29) is 10.7 Å². The summed E-state index contributed by atoms with van der Waals surface area (Å²) in [6.07, 6.45) is 0. The fourth-order valence-corrected chi connectivity index (χ4v) is 0.765. The van der Waals surface area contributed by atoms with Gasteiger partial charge in [0, 0.05) is 0 Å². The zero-order chi connectivity index (χ0) is 10.4. The van der Waals surface area contributed by atoms with Crippen molar-refractivity contribution in [2.45, 2.75) is 0 Å². The van der Waals surface area contributed by atoms with E-state index in [0.717, 1.165) is 0 Å². The van der Waals surface area contributed by atoms with Crippen LogP contribution in [0.5, 0.6) is 0 Å². The van der Waals surface area contributed by atoms with Crippen molar-refractivity contribution >= 4 is 55.4 Å². The largest absolute Gasteiger partial charge is 0.383 e. The quantitative estimate of drug-likeness (QED) is 0.315. The predicted octanol–water partition coefficient (Wildman–Crippen LogP) is -0.0158. The molecule has 0 rings (SSSR count). The lowest BCUT2D eigenvalue weighted by atomic mass is 10.4. The van der Waals surface area contributed by atoms with Crippen LogP contribution in [0.25, 0.3) is 0 Å². The molecule has 7 heteroatoms. The van der Waals surface area contributed by atoms with E-state index in [4.69, 9.17) is 0 Å². The molecule has 0 saturated carbocycles. The molecule has 5 nitrogen and oxygen atoms in total. The first kappa shape index (κ1) is 12.4. The van der Waals surface area contributed by atoms with Crippen molar-refractivity contribution in [2.24, 2.45) is 0 Å². The van der Waals surface area contributed by atoms with Crippen LogP contribution < -0.4 is 0 Å². The number of alkyl halides is 2. The molecule has 13 heavy (non-hydrogen) atoms. The normalized spacial score (nSPS) is 9.08. The second-order valence-electron chi connectivity index (χ2n) is 1.79. The topological polar surface area (TPSA) is 77.5 Å². The number of halogens is 2. The molecule has 0 atom stereocenters. The number of carbonyl (C=O) groups is 4. The fourth-order valence-electron chi connectivity index (χ4n) is 0.307. The Labute approximate surface area is 90.1 Å². The van der Waals surface area contributed by atoms with E-state index in [2.05, 4.69) is 36.6 Å². The minimum Gasteiger partial charge on any atom is -0.381 e. The van der Waals surface area contributed by atoms with Gasteiger partial charge in [-0.2, -0.15) is 0 Å². The predicted molar refractivity (Wildman–Crippen MR) is 48.7 cm³/mol. The zero-order valence-corrected chi connectivity index (χ0v) is 9.38. The van der Waals surface area contributed by atoms with E-state index >= 15 is 0 Å². The Morgan fingerprint density at radius 2 is 1.15 bits per heavy atom. The Morgan fingerprint density at radius 1 is 0.846 bits per heavy atom. The number of rotatable bonds is 4. The average molecular weight is 316 g/mol. The minimum absolute atomic E-state index is 0.248. The van der Waals surface area contributed by atoms with Crippen LogP contribution in [0.4, 0.5) is 0 Å². The third-order valence-corrected chi connectivity index (χ3v) is 1.90. The smallest absolute Gasteiger partial charge is 0.381 e. The number of ketones is 2. The Kier molecular flexibility index (Phi) is 5.72. The van der Waals surface area contributed by atoms with Gasteiger partial charge in [0.2, 0.25) is 0 Å². The van der Waals surface area contributed by atoms with Gasteiger partial charge in [0.1, 0.15) is 0 Å². The molecule has 0 spiro atoms. The molecule has 0 bridgehead atoms. The number of hydrogen-bond acceptors (Lipinski definition) is 5. The van der Waals surface area contributed by atoms with E-state index in [9.17, 15) is 19.2 Å². The second-order valence-corrected chi connectivity index (χ2v) is 2.91. The Hall–Kier alpha value is -0.560. The highest BCUT2D eigenvalue weighted by Gasteiger charge is 2.22. The molecule has 72 valence electrons. The standard InChI is InChI=1S/C6H4Br2O5/c7-1-3(9)5(11)13-6(12)4(10)2-8/h1-2H2. The third-order valence-electron chi connectivity index (χ3n) is 0.883. The van der Waals surface area contributed by atoms with E-state index in [1.54, 1.807) is 0 Å². The van der Waals surface area contributed by atoms with Crippen LogP contribution in [0.1, 0.15) is 0 Å². The Morgan fingerprint density at radius 3 is 1.38 bits per heavy atom. The van der Waals surface area contributed by atoms with Gasteiger partial charge in [-0.3, -0.25) is 9.59 Å². The SMILES string of the molecule is O=C(CBr)C(=O)OC(=O)C(=O)CBr. The van der Waals surface area contributed by atoms with Crippen molar-refractivity contribution < 1.29 is 23.9 Å². The molecule has 0 heterocycles. The van der Waals surface area contributed by atoms with Crippen LogP contribution >= 0.6 is 31.9 Å². The molecule has 0 saturated heterocycles. The Balaban J connectivity index is 4.15. The first-order valence-electron chi connectivity index (χ1n) is 2.97. The average Bonchev–Trinajstić information content (AvgIpc) is 2.14. The highest BCUT2D eigenvalue weighted by Crippen LogP contribution is 1.91. The molecule has 0 aliphatic rings. The summed E-state index contributed by atoms with van der Waals surface area (Å²) >= 11 is 5.41. The first-order valence-corrected chi connectivity index (χ1v) is 5.21. The van der Waals surface area contributed by atoms with Gasteiger partial charge in [0.15, 0.2) is 0 Å². The number of esters is 2. The lowest BCUT2D eigenvalue weighted by Gasteiger charge is -1.96. The van der Waals surface area contributed by atoms with Gasteiger partial charge < -0.3 is 4.74 Å². The number of ether oxygens (including phenoxy) is 1. The van der Waals surface area contributed by atoms with Crippen molar-refractivity contribution in [3.05, 3.63) is 0 Å². The van der Waals surface area contributed by atoms with Gasteiger partial charge in [-0.15, -0.1) is 0 Å². The van der Waals surface area contributed by atoms with E-state index in [1.807, 2.05) is 0 Å². The van der Waals surface area contributed by atoms with Crippen molar-refractivity contribution in [1.82, 2.24) is 0 Å². The summed E-state index contributed by atoms with van der Waals surface area (Å²) in [4.78, 5) is 42.4. The van der Waals surface area contributed by atoms with Gasteiger partial charge in [0.25, 0.3) is 11.6 Å². The van der Waals surface area contributed by atoms with E-state index in [0.29, 0.717) is 0 Å². The number of carbonyl (C=O) groups excluding carboxylic acids is 4. The summed E-state index contributed by atoms with van der Waals surface area (Å²) in [5.74, 6) is -4.52. The van der Waals surface area contributed by atoms with Gasteiger partial charge in [-0.25, -0.2) is 9.59 Å². The van der Waals surface area contributed by atoms with Crippen LogP contribution in [0.15, 0.2) is 0 Å². The molecule has 0 aromatic carbocycles. The van der Waals surface area contributed by atoms with Crippen molar-refractivity contribution in [1.29, 1.82) is 0 Å². The highest BCUT2D eigenvalue weighted by atomic mass is 79.9. The van der Waals surface area contributed by atoms with Crippen LogP contribution in [0.2, 0.25) is 0 Å². The molecule has 0 aromatic heterocycles. The molecular weight excluding hydrogens is 312 g/mol. The van der Waals surface area contributed by atoms with Gasteiger partial charge in [0.05, 0.1) is 10.7 Å². The lowest BCUT2D eigenvalue weighted by molar-refractivity contribution is -0.166. The maximum atomic E-state index is 10.6. The molecule has 0 unspecified atom stereocenters. The van der Waals surface area contributed by atoms with Crippen molar-refractivity contribution in [3.63, 3.8) is 0 Å². The monoisotopic (exact) mass is 314 g/mol. The van der Waals surface area contributed by atoms with Crippen molar-refractivity contribution in [2.75, 3.05) is 10.7 Å². The van der Waals surface area contributed by atoms with Crippen LogP contribution in [0, 0.1) is 0 Å².